The van der Waals surface area contributed by atoms with Crippen molar-refractivity contribution in [2.45, 2.75) is 13.5 Å². The smallest absolute Gasteiger partial charge is 0.266 e. The summed E-state index contributed by atoms with van der Waals surface area (Å²) < 4.78 is 11.3. The Morgan fingerprint density at radius 3 is 2.58 bits per heavy atom. The Balaban J connectivity index is 1.77. The Bertz CT molecular complexity index is 1150. The van der Waals surface area contributed by atoms with Crippen LogP contribution in [-0.4, -0.2) is 13.0 Å². The fourth-order valence-corrected chi connectivity index (χ4v) is 3.03. The molecule has 0 aliphatic heterocycles. The summed E-state index contributed by atoms with van der Waals surface area (Å²) in [6, 6.07) is 22.2. The zero-order chi connectivity index (χ0) is 22.2. The summed E-state index contributed by atoms with van der Waals surface area (Å²) in [4.78, 5) is 12.6. The number of amides is 1. The molecule has 0 spiro atoms. The number of methoxy groups -OCH3 is 1. The van der Waals surface area contributed by atoms with Crippen LogP contribution in [0.4, 0.5) is 5.69 Å². The second-order valence-electron chi connectivity index (χ2n) is 6.77. The van der Waals surface area contributed by atoms with Crippen molar-refractivity contribution in [1.82, 2.24) is 0 Å². The minimum absolute atomic E-state index is 0.0422. The summed E-state index contributed by atoms with van der Waals surface area (Å²) in [5.41, 5.74) is 3.03. The van der Waals surface area contributed by atoms with Crippen molar-refractivity contribution in [2.75, 3.05) is 12.4 Å². The molecule has 3 rings (SSSR count). The number of ether oxygens (including phenoxy) is 2. The van der Waals surface area contributed by atoms with Crippen molar-refractivity contribution in [3.05, 3.63) is 94.0 Å². The highest BCUT2D eigenvalue weighted by Gasteiger charge is 2.13. The average molecular weight is 433 g/mol. The number of aryl methyl sites for hydroxylation is 1. The van der Waals surface area contributed by atoms with Gasteiger partial charge in [-0.25, -0.2) is 0 Å². The largest absolute Gasteiger partial charge is 0.493 e. The Kier molecular flexibility index (Phi) is 7.31. The molecule has 0 atom stereocenters. The third-order valence-electron chi connectivity index (χ3n) is 4.55. The maximum Gasteiger partial charge on any atom is 0.266 e. The molecular formula is C25H21ClN2O3. The van der Waals surface area contributed by atoms with Gasteiger partial charge in [-0.15, -0.1) is 0 Å². The first-order valence-electron chi connectivity index (χ1n) is 9.54. The highest BCUT2D eigenvalue weighted by molar-refractivity contribution is 6.31. The van der Waals surface area contributed by atoms with E-state index in [1.807, 2.05) is 43.3 Å². The van der Waals surface area contributed by atoms with Gasteiger partial charge in [0.05, 0.1) is 7.11 Å². The van der Waals surface area contributed by atoms with E-state index in [1.54, 1.807) is 36.4 Å². The molecule has 0 radical (unpaired) electrons. The van der Waals surface area contributed by atoms with Gasteiger partial charge in [-0.05, 0) is 54.0 Å². The predicted molar refractivity (Wildman–Crippen MR) is 122 cm³/mol. The summed E-state index contributed by atoms with van der Waals surface area (Å²) in [5, 5.41) is 12.7. The van der Waals surface area contributed by atoms with E-state index in [4.69, 9.17) is 21.1 Å². The molecule has 0 aromatic heterocycles. The molecule has 3 aromatic rings. The summed E-state index contributed by atoms with van der Waals surface area (Å²) in [6.45, 7) is 2.25. The Morgan fingerprint density at radius 2 is 1.87 bits per heavy atom. The number of anilines is 1. The van der Waals surface area contributed by atoms with Crippen molar-refractivity contribution in [3.63, 3.8) is 0 Å². The lowest BCUT2D eigenvalue weighted by atomic mass is 10.1. The molecule has 156 valence electrons. The molecule has 0 saturated carbocycles. The van der Waals surface area contributed by atoms with Gasteiger partial charge < -0.3 is 14.8 Å². The summed E-state index contributed by atoms with van der Waals surface area (Å²) in [5.74, 6) is 0.560. The minimum Gasteiger partial charge on any atom is -0.493 e. The van der Waals surface area contributed by atoms with Crippen molar-refractivity contribution < 1.29 is 14.3 Å². The van der Waals surface area contributed by atoms with Gasteiger partial charge in [0.2, 0.25) is 0 Å². The standard InChI is InChI=1S/C25H21ClN2O3/c1-17-8-10-21(26)14-22(17)28-25(29)20(15-27)12-19-9-11-23(24(13-19)30-2)31-16-18-6-4-3-5-7-18/h3-14H,16H2,1-2H3,(H,28,29)/b20-12+. The van der Waals surface area contributed by atoms with Crippen LogP contribution in [0.5, 0.6) is 11.5 Å². The van der Waals surface area contributed by atoms with E-state index in [0.717, 1.165) is 11.1 Å². The molecule has 1 amide bonds. The zero-order valence-electron chi connectivity index (χ0n) is 17.2. The van der Waals surface area contributed by atoms with Crippen LogP contribution in [0.3, 0.4) is 0 Å². The van der Waals surface area contributed by atoms with Crippen LogP contribution in [0.1, 0.15) is 16.7 Å². The van der Waals surface area contributed by atoms with E-state index in [2.05, 4.69) is 5.32 Å². The molecule has 0 aliphatic carbocycles. The van der Waals surface area contributed by atoms with Crippen molar-refractivity contribution in [2.24, 2.45) is 0 Å². The SMILES string of the molecule is COc1cc(/C=C(\C#N)C(=O)Nc2cc(Cl)ccc2C)ccc1OCc1ccccc1. The number of rotatable bonds is 7. The third-order valence-corrected chi connectivity index (χ3v) is 4.78. The number of halogens is 1. The Hall–Kier alpha value is -3.75. The molecule has 1 N–H and O–H groups in total. The topological polar surface area (TPSA) is 71.3 Å². The first kappa shape index (κ1) is 21.9. The zero-order valence-corrected chi connectivity index (χ0v) is 17.9. The maximum atomic E-state index is 12.6. The van der Waals surface area contributed by atoms with E-state index in [9.17, 15) is 10.1 Å². The first-order chi connectivity index (χ1) is 15.0. The van der Waals surface area contributed by atoms with E-state index >= 15 is 0 Å². The van der Waals surface area contributed by atoms with Gasteiger partial charge in [0.1, 0.15) is 18.2 Å². The van der Waals surface area contributed by atoms with Crippen LogP contribution >= 0.6 is 11.6 Å². The number of benzene rings is 3. The fraction of sp³-hybridized carbons (Fsp3) is 0.120. The average Bonchev–Trinajstić information content (AvgIpc) is 2.79. The quantitative estimate of drug-likeness (QED) is 0.379. The molecule has 0 saturated heterocycles. The second-order valence-corrected chi connectivity index (χ2v) is 7.20. The molecule has 0 aliphatic rings. The molecule has 0 bridgehead atoms. The molecule has 0 unspecified atom stereocenters. The van der Waals surface area contributed by atoms with E-state index in [0.29, 0.717) is 34.4 Å². The van der Waals surface area contributed by atoms with Crippen LogP contribution < -0.4 is 14.8 Å². The normalized spacial score (nSPS) is 10.8. The lowest BCUT2D eigenvalue weighted by Gasteiger charge is -2.12. The molecule has 6 heteroatoms. The molecule has 5 nitrogen and oxygen atoms in total. The third kappa shape index (κ3) is 5.88. The van der Waals surface area contributed by atoms with E-state index in [-0.39, 0.29) is 5.57 Å². The van der Waals surface area contributed by atoms with Crippen LogP contribution in [0, 0.1) is 18.3 Å². The number of carbonyl (C=O) groups excluding carboxylic acids is 1. The van der Waals surface area contributed by atoms with Crippen molar-refractivity contribution in [3.8, 4) is 17.6 Å². The summed E-state index contributed by atoms with van der Waals surface area (Å²) in [7, 11) is 1.54. The fourth-order valence-electron chi connectivity index (χ4n) is 2.86. The number of nitrogens with zero attached hydrogens (tertiary/aromatic N) is 1. The second kappa shape index (κ2) is 10.3. The predicted octanol–water partition coefficient (Wildman–Crippen LogP) is 5.78. The Morgan fingerprint density at radius 1 is 1.10 bits per heavy atom. The minimum atomic E-state index is -0.517. The van der Waals surface area contributed by atoms with Crippen molar-refractivity contribution >= 4 is 29.3 Å². The van der Waals surface area contributed by atoms with Gasteiger partial charge in [0.25, 0.3) is 5.91 Å². The lowest BCUT2D eigenvalue weighted by Crippen LogP contribution is -2.14. The maximum absolute atomic E-state index is 12.6. The van der Waals surface area contributed by atoms with Crippen LogP contribution in [-0.2, 0) is 11.4 Å². The summed E-state index contributed by atoms with van der Waals surface area (Å²) >= 11 is 6.00. The van der Waals surface area contributed by atoms with Gasteiger partial charge in [-0.1, -0.05) is 54.1 Å². The van der Waals surface area contributed by atoms with Crippen molar-refractivity contribution in [1.29, 1.82) is 5.26 Å². The lowest BCUT2D eigenvalue weighted by molar-refractivity contribution is -0.112. The van der Waals surface area contributed by atoms with Gasteiger partial charge in [0, 0.05) is 10.7 Å². The number of carbonyl (C=O) groups is 1. The molecule has 3 aromatic carbocycles. The van der Waals surface area contributed by atoms with Crippen LogP contribution in [0.2, 0.25) is 5.02 Å². The highest BCUT2D eigenvalue weighted by Crippen LogP contribution is 2.30. The molecule has 0 heterocycles. The molecule has 0 fully saturated rings. The number of hydrogen-bond acceptors (Lipinski definition) is 4. The van der Waals surface area contributed by atoms with Crippen LogP contribution in [0.15, 0.2) is 72.3 Å². The number of nitrogens with one attached hydrogen (secondary N) is 1. The first-order valence-corrected chi connectivity index (χ1v) is 9.92. The number of nitriles is 1. The molecular weight excluding hydrogens is 412 g/mol. The Labute approximate surface area is 186 Å². The highest BCUT2D eigenvalue weighted by atomic mass is 35.5. The number of hydrogen-bond donors (Lipinski definition) is 1. The monoisotopic (exact) mass is 432 g/mol. The molecule has 31 heavy (non-hydrogen) atoms. The van der Waals surface area contributed by atoms with Gasteiger partial charge in [-0.2, -0.15) is 5.26 Å². The van der Waals surface area contributed by atoms with E-state index < -0.39 is 5.91 Å². The van der Waals surface area contributed by atoms with Gasteiger partial charge >= 0.3 is 0 Å². The van der Waals surface area contributed by atoms with E-state index in [1.165, 1.54) is 13.2 Å². The van der Waals surface area contributed by atoms with Gasteiger partial charge in [0.15, 0.2) is 11.5 Å². The summed E-state index contributed by atoms with van der Waals surface area (Å²) in [6.07, 6.45) is 1.50. The van der Waals surface area contributed by atoms with Gasteiger partial charge in [-0.3, -0.25) is 4.79 Å². The van der Waals surface area contributed by atoms with Crippen LogP contribution in [0.25, 0.3) is 6.08 Å².